The second-order valence-electron chi connectivity index (χ2n) is 9.04. The van der Waals surface area contributed by atoms with E-state index in [1.807, 2.05) is 23.1 Å². The average molecular weight is 451 g/mol. The first-order valence-electron chi connectivity index (χ1n) is 11.6. The number of carbonyl (C=O) groups excluding carboxylic acids is 1. The van der Waals surface area contributed by atoms with Crippen molar-refractivity contribution in [2.24, 2.45) is 5.41 Å². The molecule has 0 unspecified atom stereocenters. The summed E-state index contributed by atoms with van der Waals surface area (Å²) < 4.78 is 23.1. The first kappa shape index (κ1) is 23.1. The number of fused-ring (bicyclic) bond motifs is 4. The summed E-state index contributed by atoms with van der Waals surface area (Å²) in [5, 5.41) is 0. The number of ether oxygens (including phenoxy) is 2. The van der Waals surface area contributed by atoms with E-state index < -0.39 is 0 Å². The molecule has 174 valence electrons. The summed E-state index contributed by atoms with van der Waals surface area (Å²) in [7, 11) is 0. The third kappa shape index (κ3) is 6.06. The first-order valence-corrected chi connectivity index (χ1v) is 11.6. The van der Waals surface area contributed by atoms with E-state index in [2.05, 4.69) is 10.8 Å². The molecular formula is C27H31FN2O3. The minimum absolute atomic E-state index is 0.175. The molecule has 4 aliphatic heterocycles. The van der Waals surface area contributed by atoms with Crippen LogP contribution in [0.4, 0.5) is 9.18 Å². The van der Waals surface area contributed by atoms with Gasteiger partial charge >= 0.3 is 6.09 Å². The third-order valence-corrected chi connectivity index (χ3v) is 6.88. The smallest absolute Gasteiger partial charge is 0.410 e. The Morgan fingerprint density at radius 2 is 1.76 bits per heavy atom. The van der Waals surface area contributed by atoms with Crippen molar-refractivity contribution in [2.75, 3.05) is 39.4 Å². The number of amides is 1. The first-order chi connectivity index (χ1) is 16.1. The summed E-state index contributed by atoms with van der Waals surface area (Å²) in [5.41, 5.74) is 2.61. The van der Waals surface area contributed by atoms with E-state index >= 15 is 0 Å². The molecule has 4 aliphatic rings. The number of carbonyl (C=O) groups is 1. The highest BCUT2D eigenvalue weighted by Gasteiger charge is 2.40. The molecule has 0 radical (unpaired) electrons. The van der Waals surface area contributed by atoms with Crippen molar-refractivity contribution in [3.8, 4) is 18.1 Å². The third-order valence-electron chi connectivity index (χ3n) is 6.88. The zero-order valence-corrected chi connectivity index (χ0v) is 19.0. The molecule has 3 saturated heterocycles. The summed E-state index contributed by atoms with van der Waals surface area (Å²) in [5.74, 6) is 3.09. The van der Waals surface area contributed by atoms with Gasteiger partial charge in [-0.05, 0) is 80.7 Å². The Morgan fingerprint density at radius 1 is 1.03 bits per heavy atom. The number of rotatable bonds is 4. The van der Waals surface area contributed by atoms with Crippen molar-refractivity contribution < 1.29 is 18.7 Å². The summed E-state index contributed by atoms with van der Waals surface area (Å²) in [4.78, 5) is 16.9. The van der Waals surface area contributed by atoms with Crippen LogP contribution in [0.25, 0.3) is 0 Å². The van der Waals surface area contributed by atoms with Gasteiger partial charge in [0.1, 0.15) is 18.2 Å². The topological polar surface area (TPSA) is 42.0 Å². The van der Waals surface area contributed by atoms with Crippen LogP contribution in [0.15, 0.2) is 48.5 Å². The highest BCUT2D eigenvalue weighted by atomic mass is 19.1. The molecule has 4 heterocycles. The van der Waals surface area contributed by atoms with Gasteiger partial charge in [0.05, 0.1) is 6.61 Å². The molecule has 1 amide bonds. The molecule has 0 saturated carbocycles. The molecule has 2 bridgehead atoms. The van der Waals surface area contributed by atoms with Crippen molar-refractivity contribution in [1.29, 1.82) is 0 Å². The lowest BCUT2D eigenvalue weighted by molar-refractivity contribution is -0.0288. The van der Waals surface area contributed by atoms with Crippen molar-refractivity contribution in [2.45, 2.75) is 32.2 Å². The summed E-state index contributed by atoms with van der Waals surface area (Å²) in [6.45, 7) is 5.59. The minimum Gasteiger partial charge on any atom is -0.481 e. The number of hydrogen-bond donors (Lipinski definition) is 0. The zero-order chi connectivity index (χ0) is 23.1. The fourth-order valence-electron chi connectivity index (χ4n) is 4.73. The zero-order valence-electron chi connectivity index (χ0n) is 19.0. The number of halogens is 1. The fourth-order valence-corrected chi connectivity index (χ4v) is 4.73. The minimum atomic E-state index is -0.178. The van der Waals surface area contributed by atoms with Gasteiger partial charge in [0.2, 0.25) is 0 Å². The molecular weight excluding hydrogens is 419 g/mol. The Labute approximate surface area is 195 Å². The van der Waals surface area contributed by atoms with Crippen LogP contribution in [0, 0.1) is 23.6 Å². The van der Waals surface area contributed by atoms with Gasteiger partial charge in [-0.2, -0.15) is 0 Å². The molecule has 0 spiro atoms. The van der Waals surface area contributed by atoms with Gasteiger partial charge in [0.15, 0.2) is 0 Å². The van der Waals surface area contributed by atoms with Crippen molar-refractivity contribution in [1.82, 2.24) is 9.80 Å². The highest BCUT2D eigenvalue weighted by molar-refractivity contribution is 5.68. The number of piperidine rings is 3. The molecule has 5 nitrogen and oxygen atoms in total. The molecule has 6 rings (SSSR count). The van der Waals surface area contributed by atoms with Gasteiger partial charge < -0.3 is 19.3 Å². The lowest BCUT2D eigenvalue weighted by Crippen LogP contribution is -2.50. The number of hydrogen-bond acceptors (Lipinski definition) is 4. The largest absolute Gasteiger partial charge is 0.481 e. The Balaban J connectivity index is 0.000000318. The van der Waals surface area contributed by atoms with Gasteiger partial charge in [0.25, 0.3) is 0 Å². The monoisotopic (exact) mass is 450 g/mol. The van der Waals surface area contributed by atoms with Gasteiger partial charge in [0, 0.05) is 18.5 Å². The Kier molecular flexibility index (Phi) is 7.51. The number of benzene rings is 2. The van der Waals surface area contributed by atoms with Crippen molar-refractivity contribution in [3.63, 3.8) is 0 Å². The van der Waals surface area contributed by atoms with Crippen LogP contribution in [0.2, 0.25) is 0 Å². The van der Waals surface area contributed by atoms with Crippen LogP contribution < -0.4 is 4.74 Å². The Hall–Kier alpha value is -3.04. The molecule has 0 aliphatic carbocycles. The SMILES string of the molecule is C#CCOc1ccc2c(c1)CCN(C(=O)OCC13CCN(CC1)CC3)C2.Fc1ccccc1. The predicted molar refractivity (Wildman–Crippen MR) is 125 cm³/mol. The maximum atomic E-state index is 12.6. The number of terminal acetylenes is 1. The van der Waals surface area contributed by atoms with E-state index in [0.717, 1.165) is 56.6 Å². The maximum Gasteiger partial charge on any atom is 0.410 e. The Morgan fingerprint density at radius 3 is 2.39 bits per heavy atom. The van der Waals surface area contributed by atoms with Crippen LogP contribution in [0.5, 0.6) is 5.75 Å². The molecule has 0 N–H and O–H groups in total. The number of nitrogens with zero attached hydrogens (tertiary/aromatic N) is 2. The van der Waals surface area contributed by atoms with E-state index in [1.165, 1.54) is 17.7 Å². The lowest BCUT2D eigenvalue weighted by Gasteiger charge is -2.48. The van der Waals surface area contributed by atoms with Gasteiger partial charge in [-0.25, -0.2) is 9.18 Å². The van der Waals surface area contributed by atoms with E-state index in [0.29, 0.717) is 19.7 Å². The van der Waals surface area contributed by atoms with Gasteiger partial charge in [-0.1, -0.05) is 30.2 Å². The van der Waals surface area contributed by atoms with Crippen LogP contribution in [-0.4, -0.2) is 55.3 Å². The van der Waals surface area contributed by atoms with Crippen LogP contribution >= 0.6 is 0 Å². The summed E-state index contributed by atoms with van der Waals surface area (Å²) in [6, 6.07) is 13.9. The quantitative estimate of drug-likeness (QED) is 0.643. The predicted octanol–water partition coefficient (Wildman–Crippen LogP) is 4.50. The van der Waals surface area contributed by atoms with Gasteiger partial charge in [-0.15, -0.1) is 6.42 Å². The highest BCUT2D eigenvalue weighted by Crippen LogP contribution is 2.40. The molecule has 3 fully saturated rings. The van der Waals surface area contributed by atoms with Crippen LogP contribution in [0.3, 0.4) is 0 Å². The molecule has 6 heteroatoms. The molecule has 2 aromatic carbocycles. The van der Waals surface area contributed by atoms with Crippen molar-refractivity contribution >= 4 is 6.09 Å². The van der Waals surface area contributed by atoms with Gasteiger partial charge in [-0.3, -0.25) is 0 Å². The summed E-state index contributed by atoms with van der Waals surface area (Å²) in [6.07, 6.45) is 9.35. The Bertz CT molecular complexity index is 967. The second-order valence-corrected chi connectivity index (χ2v) is 9.04. The standard InChI is InChI=1S/C21H26N2O3.C6H5F/c1-2-13-25-19-4-3-18-15-23(9-5-17(18)14-19)20(24)26-16-21-6-10-22(11-7-21)12-8-21;7-6-4-2-1-3-5-6/h1,3-4,14H,5-13,15-16H2;1-5H. The van der Waals surface area contributed by atoms with E-state index in [9.17, 15) is 9.18 Å². The fraction of sp³-hybridized carbons (Fsp3) is 0.444. The molecule has 0 atom stereocenters. The van der Waals surface area contributed by atoms with Crippen LogP contribution in [0.1, 0.15) is 30.4 Å². The average Bonchev–Trinajstić information content (AvgIpc) is 2.87. The summed E-state index contributed by atoms with van der Waals surface area (Å²) >= 11 is 0. The van der Waals surface area contributed by atoms with E-state index in [-0.39, 0.29) is 23.9 Å². The van der Waals surface area contributed by atoms with Crippen molar-refractivity contribution in [3.05, 3.63) is 65.5 Å². The van der Waals surface area contributed by atoms with E-state index in [4.69, 9.17) is 15.9 Å². The molecule has 0 aromatic heterocycles. The normalized spacial score (nSPS) is 22.9. The maximum absolute atomic E-state index is 12.6. The lowest BCUT2D eigenvalue weighted by atomic mass is 9.73. The molecule has 2 aromatic rings. The molecule has 33 heavy (non-hydrogen) atoms. The van der Waals surface area contributed by atoms with E-state index in [1.54, 1.807) is 18.2 Å². The van der Waals surface area contributed by atoms with Crippen LogP contribution in [-0.2, 0) is 17.7 Å². The second kappa shape index (κ2) is 10.7.